The molecule has 5 nitrogen and oxygen atoms in total. The smallest absolute Gasteiger partial charge is 0.326 e. The molecule has 20 heavy (non-hydrogen) atoms. The van der Waals surface area contributed by atoms with Crippen LogP contribution in [0.4, 0.5) is 5.69 Å². The molecular formula is C15H24N2O3. The zero-order valence-corrected chi connectivity index (χ0v) is 12.9. The third-order valence-corrected chi connectivity index (χ3v) is 2.62. The van der Waals surface area contributed by atoms with Gasteiger partial charge in [0.2, 0.25) is 0 Å². The first-order valence-electron chi connectivity index (χ1n) is 6.80. The molecule has 0 atom stereocenters. The van der Waals surface area contributed by atoms with Gasteiger partial charge in [-0.2, -0.15) is 0 Å². The average Bonchev–Trinajstić information content (AvgIpc) is 2.25. The number of hydrogen-bond acceptors (Lipinski definition) is 4. The lowest BCUT2D eigenvalue weighted by Crippen LogP contribution is -2.33. The van der Waals surface area contributed by atoms with Crippen molar-refractivity contribution in [3.63, 3.8) is 0 Å². The summed E-state index contributed by atoms with van der Waals surface area (Å²) < 4.78 is 6.66. The first-order valence-corrected chi connectivity index (χ1v) is 6.80. The van der Waals surface area contributed by atoms with Crippen molar-refractivity contribution >= 4 is 11.7 Å². The fourth-order valence-electron chi connectivity index (χ4n) is 1.91. The number of aromatic nitrogens is 1. The van der Waals surface area contributed by atoms with Crippen molar-refractivity contribution < 1.29 is 9.53 Å². The van der Waals surface area contributed by atoms with Crippen LogP contribution in [-0.4, -0.2) is 16.1 Å². The van der Waals surface area contributed by atoms with Gasteiger partial charge in [0.25, 0.3) is 5.56 Å². The SMILES string of the molecule is CC(C)Cc1ccc(N)c(=O)n1CC(=O)OC(C)(C)C. The minimum absolute atomic E-state index is 0.108. The molecule has 1 rings (SSSR count). The van der Waals surface area contributed by atoms with E-state index in [-0.39, 0.29) is 17.8 Å². The van der Waals surface area contributed by atoms with Crippen LogP contribution in [0.1, 0.15) is 40.3 Å². The van der Waals surface area contributed by atoms with E-state index in [1.807, 2.05) is 0 Å². The highest BCUT2D eigenvalue weighted by Gasteiger charge is 2.18. The molecule has 1 aromatic rings. The molecule has 5 heteroatoms. The van der Waals surface area contributed by atoms with Gasteiger partial charge in [-0.1, -0.05) is 13.8 Å². The van der Waals surface area contributed by atoms with E-state index in [0.29, 0.717) is 12.3 Å². The summed E-state index contributed by atoms with van der Waals surface area (Å²) in [6.45, 7) is 9.38. The van der Waals surface area contributed by atoms with E-state index in [9.17, 15) is 9.59 Å². The van der Waals surface area contributed by atoms with E-state index in [0.717, 1.165) is 5.69 Å². The number of anilines is 1. The van der Waals surface area contributed by atoms with Gasteiger partial charge >= 0.3 is 5.97 Å². The lowest BCUT2D eigenvalue weighted by atomic mass is 10.1. The monoisotopic (exact) mass is 280 g/mol. The van der Waals surface area contributed by atoms with Crippen LogP contribution in [0.5, 0.6) is 0 Å². The largest absolute Gasteiger partial charge is 0.459 e. The average molecular weight is 280 g/mol. The molecule has 0 aliphatic rings. The summed E-state index contributed by atoms with van der Waals surface area (Å²) in [5.41, 5.74) is 5.66. The van der Waals surface area contributed by atoms with E-state index in [1.165, 1.54) is 4.57 Å². The Balaban J connectivity index is 3.06. The number of ether oxygens (including phenoxy) is 1. The van der Waals surface area contributed by atoms with E-state index < -0.39 is 11.6 Å². The van der Waals surface area contributed by atoms with Gasteiger partial charge in [0.05, 0.1) is 5.69 Å². The van der Waals surface area contributed by atoms with Crippen molar-refractivity contribution in [3.8, 4) is 0 Å². The molecule has 112 valence electrons. The first kappa shape index (κ1) is 16.3. The summed E-state index contributed by atoms with van der Waals surface area (Å²) in [5.74, 6) is -0.0573. The van der Waals surface area contributed by atoms with Gasteiger partial charge in [-0.25, -0.2) is 0 Å². The summed E-state index contributed by atoms with van der Waals surface area (Å²) in [6, 6.07) is 3.38. The zero-order valence-electron chi connectivity index (χ0n) is 12.9. The number of rotatable bonds is 4. The molecule has 0 unspecified atom stereocenters. The van der Waals surface area contributed by atoms with Crippen LogP contribution in [0, 0.1) is 5.92 Å². The van der Waals surface area contributed by atoms with Crippen LogP contribution in [0.3, 0.4) is 0 Å². The van der Waals surface area contributed by atoms with Crippen LogP contribution in [0.2, 0.25) is 0 Å². The Kier molecular flexibility index (Phi) is 4.98. The van der Waals surface area contributed by atoms with E-state index >= 15 is 0 Å². The van der Waals surface area contributed by atoms with Crippen LogP contribution >= 0.6 is 0 Å². The Morgan fingerprint density at radius 2 is 1.95 bits per heavy atom. The quantitative estimate of drug-likeness (QED) is 0.856. The van der Waals surface area contributed by atoms with Crippen LogP contribution < -0.4 is 11.3 Å². The molecule has 2 N–H and O–H groups in total. The molecule has 1 aromatic heterocycles. The second-order valence-electron chi connectivity index (χ2n) is 6.36. The van der Waals surface area contributed by atoms with Crippen molar-refractivity contribution in [2.24, 2.45) is 5.92 Å². The Morgan fingerprint density at radius 1 is 1.35 bits per heavy atom. The molecule has 0 radical (unpaired) electrons. The van der Waals surface area contributed by atoms with Crippen molar-refractivity contribution in [3.05, 3.63) is 28.2 Å². The third kappa shape index (κ3) is 4.72. The van der Waals surface area contributed by atoms with Gasteiger partial charge in [-0.3, -0.25) is 14.2 Å². The van der Waals surface area contributed by atoms with Gasteiger partial charge in [0.1, 0.15) is 12.1 Å². The lowest BCUT2D eigenvalue weighted by Gasteiger charge is -2.21. The molecule has 0 aliphatic carbocycles. The predicted octanol–water partition coefficient (Wildman–Crippen LogP) is 1.97. The molecule has 0 bridgehead atoms. The van der Waals surface area contributed by atoms with Crippen molar-refractivity contribution in [2.75, 3.05) is 5.73 Å². The van der Waals surface area contributed by atoms with Crippen molar-refractivity contribution in [2.45, 2.75) is 53.2 Å². The Morgan fingerprint density at radius 3 is 2.45 bits per heavy atom. The Labute approximate surface area is 119 Å². The number of nitrogens with zero attached hydrogens (tertiary/aromatic N) is 1. The molecule has 0 saturated carbocycles. The van der Waals surface area contributed by atoms with Gasteiger partial charge in [0.15, 0.2) is 0 Å². The second-order valence-corrected chi connectivity index (χ2v) is 6.36. The van der Waals surface area contributed by atoms with Crippen molar-refractivity contribution in [1.29, 1.82) is 0 Å². The highest BCUT2D eigenvalue weighted by molar-refractivity contribution is 5.70. The van der Waals surface area contributed by atoms with Gasteiger partial charge in [0, 0.05) is 5.69 Å². The highest BCUT2D eigenvalue weighted by atomic mass is 16.6. The van der Waals surface area contributed by atoms with Crippen LogP contribution in [0.15, 0.2) is 16.9 Å². The van der Waals surface area contributed by atoms with Crippen molar-refractivity contribution in [1.82, 2.24) is 4.57 Å². The lowest BCUT2D eigenvalue weighted by molar-refractivity contribution is -0.155. The fraction of sp³-hybridized carbons (Fsp3) is 0.600. The highest BCUT2D eigenvalue weighted by Crippen LogP contribution is 2.11. The molecule has 0 fully saturated rings. The summed E-state index contributed by atoms with van der Waals surface area (Å²) in [7, 11) is 0. The predicted molar refractivity (Wildman–Crippen MR) is 79.5 cm³/mol. The molecule has 0 aromatic carbocycles. The van der Waals surface area contributed by atoms with Gasteiger partial charge in [-0.15, -0.1) is 0 Å². The number of nitrogen functional groups attached to an aromatic ring is 1. The second kappa shape index (κ2) is 6.11. The fourth-order valence-corrected chi connectivity index (χ4v) is 1.91. The summed E-state index contributed by atoms with van der Waals surface area (Å²) >= 11 is 0. The normalized spacial score (nSPS) is 11.7. The summed E-state index contributed by atoms with van der Waals surface area (Å²) in [4.78, 5) is 24.0. The number of hydrogen-bond donors (Lipinski definition) is 1. The molecule has 0 saturated heterocycles. The standard InChI is InChI=1S/C15H24N2O3/c1-10(2)8-11-6-7-12(16)14(19)17(11)9-13(18)20-15(3,4)5/h6-7,10H,8-9,16H2,1-5H3. The maximum absolute atomic E-state index is 12.1. The third-order valence-electron chi connectivity index (χ3n) is 2.62. The molecule has 1 heterocycles. The molecule has 0 amide bonds. The van der Waals surface area contributed by atoms with E-state index in [1.54, 1.807) is 32.9 Å². The molecular weight excluding hydrogens is 256 g/mol. The number of carbonyl (C=O) groups is 1. The van der Waals surface area contributed by atoms with Gasteiger partial charge in [-0.05, 0) is 45.2 Å². The first-order chi connectivity index (χ1) is 9.10. The maximum Gasteiger partial charge on any atom is 0.326 e. The number of nitrogens with two attached hydrogens (primary N) is 1. The van der Waals surface area contributed by atoms with E-state index in [2.05, 4.69) is 13.8 Å². The van der Waals surface area contributed by atoms with E-state index in [4.69, 9.17) is 10.5 Å². The Bertz CT molecular complexity index is 539. The maximum atomic E-state index is 12.1. The topological polar surface area (TPSA) is 74.3 Å². The number of carbonyl (C=O) groups excluding carboxylic acids is 1. The number of esters is 1. The molecule has 0 spiro atoms. The zero-order chi connectivity index (χ0) is 15.5. The van der Waals surface area contributed by atoms with Gasteiger partial charge < -0.3 is 10.5 Å². The van der Waals surface area contributed by atoms with Crippen LogP contribution in [-0.2, 0) is 22.5 Å². The minimum Gasteiger partial charge on any atom is -0.459 e. The van der Waals surface area contributed by atoms with Crippen LogP contribution in [0.25, 0.3) is 0 Å². The molecule has 0 aliphatic heterocycles. The summed E-state index contributed by atoms with van der Waals surface area (Å²) in [5, 5.41) is 0. The number of pyridine rings is 1. The minimum atomic E-state index is -0.570. The Hall–Kier alpha value is -1.78. The summed E-state index contributed by atoms with van der Waals surface area (Å²) in [6.07, 6.45) is 0.707.